The molecule has 1 saturated carbocycles. The summed E-state index contributed by atoms with van der Waals surface area (Å²) in [6.07, 6.45) is 3.82. The van der Waals surface area contributed by atoms with Gasteiger partial charge in [0, 0.05) is 37.0 Å². The van der Waals surface area contributed by atoms with Crippen LogP contribution < -0.4 is 11.1 Å². The van der Waals surface area contributed by atoms with Crippen LogP contribution in [0, 0.1) is 5.41 Å². The van der Waals surface area contributed by atoms with E-state index in [9.17, 15) is 0 Å². The number of hydrogen-bond acceptors (Lipinski definition) is 3. The Hall–Kier alpha value is -0.580. The molecule has 0 amide bonds. The van der Waals surface area contributed by atoms with E-state index in [1.165, 1.54) is 24.8 Å². The Morgan fingerprint density at radius 3 is 2.83 bits per heavy atom. The summed E-state index contributed by atoms with van der Waals surface area (Å²) in [4.78, 5) is 0. The molecule has 2 rings (SSSR count). The summed E-state index contributed by atoms with van der Waals surface area (Å²) in [6, 6.07) is 6.10. The number of nitrogen functional groups attached to an aromatic ring is 1. The predicted molar refractivity (Wildman–Crippen MR) is 78.4 cm³/mol. The quantitative estimate of drug-likeness (QED) is 0.761. The smallest absolute Gasteiger partial charge is 0.0468 e. The van der Waals surface area contributed by atoms with Crippen molar-refractivity contribution in [1.29, 1.82) is 0 Å². The maximum atomic E-state index is 5.77. The number of methoxy groups -OCH3 is 1. The van der Waals surface area contributed by atoms with Gasteiger partial charge in [-0.3, -0.25) is 0 Å². The number of benzene rings is 1. The largest absolute Gasteiger partial charge is 0.398 e. The summed E-state index contributed by atoms with van der Waals surface area (Å²) in [6.45, 7) is 2.85. The molecule has 3 nitrogen and oxygen atoms in total. The first-order valence-electron chi connectivity index (χ1n) is 6.39. The number of ether oxygens (including phenoxy) is 1. The molecule has 0 spiro atoms. The minimum absolute atomic E-state index is 0.501. The van der Waals surface area contributed by atoms with E-state index in [-0.39, 0.29) is 0 Å². The first-order valence-corrected chi connectivity index (χ1v) is 7.18. The topological polar surface area (TPSA) is 47.3 Å². The number of nitrogens with two attached hydrogens (primary N) is 1. The monoisotopic (exact) mass is 312 g/mol. The van der Waals surface area contributed by atoms with Gasteiger partial charge in [-0.1, -0.05) is 6.07 Å². The van der Waals surface area contributed by atoms with Crippen LogP contribution >= 0.6 is 15.9 Å². The van der Waals surface area contributed by atoms with Crippen LogP contribution in [0.4, 0.5) is 5.69 Å². The lowest BCUT2D eigenvalue weighted by molar-refractivity contribution is 0.171. The molecule has 0 aromatic heterocycles. The molecule has 0 bridgehead atoms. The first kappa shape index (κ1) is 13.8. The SMILES string of the molecule is COCCC1(CNCc2ccc(N)c(Br)c2)CC1. The van der Waals surface area contributed by atoms with Crippen molar-refractivity contribution in [3.05, 3.63) is 28.2 Å². The highest BCUT2D eigenvalue weighted by molar-refractivity contribution is 9.10. The zero-order chi connectivity index (χ0) is 13.0. The summed E-state index contributed by atoms with van der Waals surface area (Å²) in [5, 5.41) is 3.54. The fourth-order valence-electron chi connectivity index (χ4n) is 2.16. The summed E-state index contributed by atoms with van der Waals surface area (Å²) in [5.74, 6) is 0. The van der Waals surface area contributed by atoms with Gasteiger partial charge in [-0.2, -0.15) is 0 Å². The van der Waals surface area contributed by atoms with Crippen LogP contribution in [0.3, 0.4) is 0 Å². The van der Waals surface area contributed by atoms with Gasteiger partial charge in [0.1, 0.15) is 0 Å². The molecule has 1 aliphatic rings. The van der Waals surface area contributed by atoms with E-state index in [0.717, 1.165) is 29.9 Å². The van der Waals surface area contributed by atoms with E-state index in [1.54, 1.807) is 7.11 Å². The van der Waals surface area contributed by atoms with E-state index in [2.05, 4.69) is 33.4 Å². The molecule has 3 N–H and O–H groups in total. The average Bonchev–Trinajstić information content (AvgIpc) is 3.12. The van der Waals surface area contributed by atoms with Crippen LogP contribution in [0.15, 0.2) is 22.7 Å². The number of hydrogen-bond donors (Lipinski definition) is 2. The molecule has 0 heterocycles. The molecular formula is C14H21BrN2O. The maximum Gasteiger partial charge on any atom is 0.0468 e. The van der Waals surface area contributed by atoms with Gasteiger partial charge in [0.25, 0.3) is 0 Å². The highest BCUT2D eigenvalue weighted by Crippen LogP contribution is 2.48. The highest BCUT2D eigenvalue weighted by Gasteiger charge is 2.41. The Labute approximate surface area is 117 Å². The molecule has 0 unspecified atom stereocenters. The molecule has 1 fully saturated rings. The minimum Gasteiger partial charge on any atom is -0.398 e. The molecule has 1 aromatic carbocycles. The Balaban J connectivity index is 1.76. The van der Waals surface area contributed by atoms with E-state index >= 15 is 0 Å². The van der Waals surface area contributed by atoms with Crippen molar-refractivity contribution in [3.8, 4) is 0 Å². The second-order valence-corrected chi connectivity index (χ2v) is 6.06. The molecule has 18 heavy (non-hydrogen) atoms. The molecular weight excluding hydrogens is 292 g/mol. The standard InChI is InChI=1S/C14H21BrN2O/c1-18-7-6-14(4-5-14)10-17-9-11-2-3-13(16)12(15)8-11/h2-3,8,17H,4-7,9-10,16H2,1H3. The zero-order valence-corrected chi connectivity index (χ0v) is 12.4. The van der Waals surface area contributed by atoms with Crippen LogP contribution in [0.5, 0.6) is 0 Å². The second kappa shape index (κ2) is 6.04. The average molecular weight is 313 g/mol. The number of halogens is 1. The Morgan fingerprint density at radius 2 is 2.22 bits per heavy atom. The van der Waals surface area contributed by atoms with Crippen LogP contribution in [-0.4, -0.2) is 20.3 Å². The first-order chi connectivity index (χ1) is 8.65. The summed E-state index contributed by atoms with van der Waals surface area (Å²) >= 11 is 3.45. The fourth-order valence-corrected chi connectivity index (χ4v) is 2.59. The van der Waals surface area contributed by atoms with Gasteiger partial charge in [-0.15, -0.1) is 0 Å². The Bertz CT molecular complexity index is 405. The van der Waals surface area contributed by atoms with E-state index in [0.29, 0.717) is 5.41 Å². The van der Waals surface area contributed by atoms with Crippen molar-refractivity contribution >= 4 is 21.6 Å². The predicted octanol–water partition coefficient (Wildman–Crippen LogP) is 2.94. The molecule has 0 saturated heterocycles. The van der Waals surface area contributed by atoms with Crippen LogP contribution in [-0.2, 0) is 11.3 Å². The minimum atomic E-state index is 0.501. The van der Waals surface area contributed by atoms with Crippen molar-refractivity contribution in [2.24, 2.45) is 5.41 Å². The van der Waals surface area contributed by atoms with E-state index < -0.39 is 0 Å². The van der Waals surface area contributed by atoms with Crippen LogP contribution in [0.1, 0.15) is 24.8 Å². The van der Waals surface area contributed by atoms with Gasteiger partial charge in [0.2, 0.25) is 0 Å². The number of nitrogens with one attached hydrogen (secondary N) is 1. The normalized spacial score (nSPS) is 16.8. The highest BCUT2D eigenvalue weighted by atomic mass is 79.9. The lowest BCUT2D eigenvalue weighted by Gasteiger charge is -2.15. The van der Waals surface area contributed by atoms with Gasteiger partial charge in [-0.05, 0) is 58.3 Å². The van der Waals surface area contributed by atoms with E-state index in [4.69, 9.17) is 10.5 Å². The summed E-state index contributed by atoms with van der Waals surface area (Å²) in [5.41, 5.74) is 8.32. The lowest BCUT2D eigenvalue weighted by atomic mass is 10.0. The van der Waals surface area contributed by atoms with Crippen molar-refractivity contribution in [2.45, 2.75) is 25.8 Å². The number of anilines is 1. The van der Waals surface area contributed by atoms with Crippen molar-refractivity contribution in [1.82, 2.24) is 5.32 Å². The molecule has 0 atom stereocenters. The van der Waals surface area contributed by atoms with Gasteiger partial charge < -0.3 is 15.8 Å². The van der Waals surface area contributed by atoms with Gasteiger partial charge in [0.05, 0.1) is 0 Å². The van der Waals surface area contributed by atoms with Gasteiger partial charge >= 0.3 is 0 Å². The zero-order valence-electron chi connectivity index (χ0n) is 10.8. The Kier molecular flexibility index (Phi) is 4.65. The van der Waals surface area contributed by atoms with Gasteiger partial charge in [-0.25, -0.2) is 0 Å². The molecule has 1 aliphatic carbocycles. The van der Waals surface area contributed by atoms with Crippen LogP contribution in [0.2, 0.25) is 0 Å². The van der Waals surface area contributed by atoms with Crippen LogP contribution in [0.25, 0.3) is 0 Å². The second-order valence-electron chi connectivity index (χ2n) is 5.20. The molecule has 0 radical (unpaired) electrons. The third kappa shape index (κ3) is 3.70. The van der Waals surface area contributed by atoms with Crippen molar-refractivity contribution in [2.75, 3.05) is 26.0 Å². The molecule has 0 aliphatic heterocycles. The maximum absolute atomic E-state index is 5.77. The van der Waals surface area contributed by atoms with Crippen molar-refractivity contribution < 1.29 is 4.74 Å². The molecule has 4 heteroatoms. The van der Waals surface area contributed by atoms with Crippen molar-refractivity contribution in [3.63, 3.8) is 0 Å². The third-order valence-corrected chi connectivity index (χ3v) is 4.37. The number of rotatable bonds is 7. The van der Waals surface area contributed by atoms with E-state index in [1.807, 2.05) is 6.07 Å². The third-order valence-electron chi connectivity index (χ3n) is 3.69. The summed E-state index contributed by atoms with van der Waals surface area (Å²) < 4.78 is 6.14. The fraction of sp³-hybridized carbons (Fsp3) is 0.571. The summed E-state index contributed by atoms with van der Waals surface area (Å²) in [7, 11) is 1.77. The van der Waals surface area contributed by atoms with Gasteiger partial charge in [0.15, 0.2) is 0 Å². The molecule has 100 valence electrons. The molecule has 1 aromatic rings. The lowest BCUT2D eigenvalue weighted by Crippen LogP contribution is -2.24. The Morgan fingerprint density at radius 1 is 1.44 bits per heavy atom.